The van der Waals surface area contributed by atoms with Gasteiger partial charge in [0.1, 0.15) is 0 Å². The third kappa shape index (κ3) is 1.55. The highest BCUT2D eigenvalue weighted by molar-refractivity contribution is 6.30. The predicted octanol–water partition coefficient (Wildman–Crippen LogP) is 2.23. The number of hydrogen-bond acceptors (Lipinski definition) is 2. The molecule has 66 valence electrons. The molecule has 2 aromatic heterocycles. The van der Waals surface area contributed by atoms with Gasteiger partial charge in [0.15, 0.2) is 5.15 Å². The van der Waals surface area contributed by atoms with Crippen molar-refractivity contribution in [1.82, 2.24) is 14.8 Å². The maximum atomic E-state index is 5.83. The summed E-state index contributed by atoms with van der Waals surface area (Å²) in [5.74, 6) is 0. The van der Waals surface area contributed by atoms with E-state index in [1.165, 1.54) is 0 Å². The molecule has 3 nitrogen and oxygen atoms in total. The van der Waals surface area contributed by atoms with Crippen molar-refractivity contribution >= 4 is 11.6 Å². The molecule has 0 N–H and O–H groups in total. The summed E-state index contributed by atoms with van der Waals surface area (Å²) in [7, 11) is 0. The first-order chi connectivity index (χ1) is 6.27. The van der Waals surface area contributed by atoms with Gasteiger partial charge in [-0.2, -0.15) is 5.10 Å². The highest BCUT2D eigenvalue weighted by Gasteiger charge is 2.02. The first-order valence-corrected chi connectivity index (χ1v) is 4.27. The normalized spacial score (nSPS) is 10.3. The summed E-state index contributed by atoms with van der Waals surface area (Å²) in [5, 5.41) is 4.65. The summed E-state index contributed by atoms with van der Waals surface area (Å²) in [4.78, 5) is 4.00. The van der Waals surface area contributed by atoms with E-state index in [0.717, 1.165) is 11.3 Å². The molecule has 0 radical (unpaired) electrons. The van der Waals surface area contributed by atoms with Gasteiger partial charge >= 0.3 is 0 Å². The van der Waals surface area contributed by atoms with Crippen LogP contribution in [0.1, 0.15) is 5.56 Å². The highest BCUT2D eigenvalue weighted by Crippen LogP contribution is 2.14. The molecule has 0 atom stereocenters. The third-order valence-corrected chi connectivity index (χ3v) is 2.12. The minimum atomic E-state index is 0.531. The monoisotopic (exact) mass is 193 g/mol. The van der Waals surface area contributed by atoms with Gasteiger partial charge in [0.05, 0.1) is 11.9 Å². The van der Waals surface area contributed by atoms with Crippen molar-refractivity contribution in [2.45, 2.75) is 6.92 Å². The molecule has 0 aliphatic carbocycles. The first kappa shape index (κ1) is 8.26. The Morgan fingerprint density at radius 2 is 2.31 bits per heavy atom. The van der Waals surface area contributed by atoms with Crippen molar-refractivity contribution in [2.24, 2.45) is 0 Å². The van der Waals surface area contributed by atoms with Gasteiger partial charge in [-0.25, -0.2) is 4.68 Å². The Hall–Kier alpha value is -1.35. The molecular formula is C9H8ClN3. The van der Waals surface area contributed by atoms with Gasteiger partial charge in [-0.3, -0.25) is 4.98 Å². The second-order valence-corrected chi connectivity index (χ2v) is 3.12. The van der Waals surface area contributed by atoms with Crippen molar-refractivity contribution in [2.75, 3.05) is 0 Å². The van der Waals surface area contributed by atoms with E-state index in [4.69, 9.17) is 11.6 Å². The van der Waals surface area contributed by atoms with Gasteiger partial charge in [-0.1, -0.05) is 11.6 Å². The van der Waals surface area contributed by atoms with Crippen LogP contribution >= 0.6 is 11.6 Å². The molecule has 0 spiro atoms. The van der Waals surface area contributed by atoms with Crippen molar-refractivity contribution in [3.8, 4) is 5.69 Å². The summed E-state index contributed by atoms with van der Waals surface area (Å²) >= 11 is 5.83. The molecule has 0 unspecified atom stereocenters. The average molecular weight is 194 g/mol. The Labute approximate surface area is 81.0 Å². The van der Waals surface area contributed by atoms with Crippen LogP contribution in [0.3, 0.4) is 0 Å². The molecule has 0 amide bonds. The Balaban J connectivity index is 2.48. The lowest BCUT2D eigenvalue weighted by Crippen LogP contribution is -1.93. The van der Waals surface area contributed by atoms with Crippen LogP contribution in [0, 0.1) is 6.92 Å². The Bertz CT molecular complexity index is 389. The molecule has 2 aromatic rings. The van der Waals surface area contributed by atoms with E-state index >= 15 is 0 Å². The molecule has 0 saturated carbocycles. The molecule has 0 aromatic carbocycles. The van der Waals surface area contributed by atoms with Crippen molar-refractivity contribution in [3.63, 3.8) is 0 Å². The van der Waals surface area contributed by atoms with E-state index in [9.17, 15) is 0 Å². The highest BCUT2D eigenvalue weighted by atomic mass is 35.5. The van der Waals surface area contributed by atoms with Gasteiger partial charge in [-0.05, 0) is 19.1 Å². The molecule has 13 heavy (non-hydrogen) atoms. The van der Waals surface area contributed by atoms with Gasteiger partial charge in [-0.15, -0.1) is 0 Å². The van der Waals surface area contributed by atoms with E-state index < -0.39 is 0 Å². The van der Waals surface area contributed by atoms with Crippen LogP contribution in [-0.4, -0.2) is 14.8 Å². The van der Waals surface area contributed by atoms with Gasteiger partial charge in [0, 0.05) is 18.0 Å². The molecule has 2 rings (SSSR count). The van der Waals surface area contributed by atoms with Crippen LogP contribution in [-0.2, 0) is 0 Å². The Morgan fingerprint density at radius 3 is 2.85 bits per heavy atom. The van der Waals surface area contributed by atoms with E-state index in [2.05, 4.69) is 10.1 Å². The minimum absolute atomic E-state index is 0.531. The van der Waals surface area contributed by atoms with Gasteiger partial charge < -0.3 is 0 Å². The second kappa shape index (κ2) is 3.18. The number of nitrogens with zero attached hydrogens (tertiary/aromatic N) is 3. The van der Waals surface area contributed by atoms with Crippen LogP contribution in [0.15, 0.2) is 30.7 Å². The van der Waals surface area contributed by atoms with Gasteiger partial charge in [0.25, 0.3) is 0 Å². The minimum Gasteiger partial charge on any atom is -0.262 e. The first-order valence-electron chi connectivity index (χ1n) is 3.89. The Morgan fingerprint density at radius 1 is 1.46 bits per heavy atom. The van der Waals surface area contributed by atoms with Crippen LogP contribution in [0.25, 0.3) is 5.69 Å². The standard InChI is InChI=1S/C9H8ClN3/c1-7-6-13(12-9(7)10)8-3-2-4-11-5-8/h2-6H,1H3. The van der Waals surface area contributed by atoms with Crippen LogP contribution < -0.4 is 0 Å². The molecule has 0 fully saturated rings. The lowest BCUT2D eigenvalue weighted by atomic mass is 10.4. The lowest BCUT2D eigenvalue weighted by Gasteiger charge is -1.97. The zero-order valence-electron chi connectivity index (χ0n) is 7.11. The smallest absolute Gasteiger partial charge is 0.154 e. The average Bonchev–Trinajstić information content (AvgIpc) is 2.49. The van der Waals surface area contributed by atoms with Crippen LogP contribution in [0.4, 0.5) is 0 Å². The molecule has 0 bridgehead atoms. The molecule has 0 saturated heterocycles. The molecule has 4 heteroatoms. The fourth-order valence-corrected chi connectivity index (χ4v) is 1.19. The summed E-state index contributed by atoms with van der Waals surface area (Å²) < 4.78 is 1.71. The predicted molar refractivity (Wildman–Crippen MR) is 51.1 cm³/mol. The maximum Gasteiger partial charge on any atom is 0.154 e. The number of pyridine rings is 1. The number of aryl methyl sites for hydroxylation is 1. The third-order valence-electron chi connectivity index (χ3n) is 1.75. The quantitative estimate of drug-likeness (QED) is 0.696. The second-order valence-electron chi connectivity index (χ2n) is 2.76. The lowest BCUT2D eigenvalue weighted by molar-refractivity contribution is 0.874. The number of rotatable bonds is 1. The van der Waals surface area contributed by atoms with Crippen molar-refractivity contribution < 1.29 is 0 Å². The van der Waals surface area contributed by atoms with E-state index in [-0.39, 0.29) is 0 Å². The van der Waals surface area contributed by atoms with Crippen LogP contribution in [0.2, 0.25) is 5.15 Å². The summed E-state index contributed by atoms with van der Waals surface area (Å²) in [5.41, 5.74) is 1.88. The van der Waals surface area contributed by atoms with E-state index in [1.807, 2.05) is 25.3 Å². The summed E-state index contributed by atoms with van der Waals surface area (Å²) in [6.07, 6.45) is 5.34. The molecule has 2 heterocycles. The largest absolute Gasteiger partial charge is 0.262 e. The van der Waals surface area contributed by atoms with E-state index in [1.54, 1.807) is 17.1 Å². The Kier molecular flexibility index (Phi) is 2.02. The fraction of sp³-hybridized carbons (Fsp3) is 0.111. The van der Waals surface area contributed by atoms with E-state index in [0.29, 0.717) is 5.15 Å². The van der Waals surface area contributed by atoms with Crippen molar-refractivity contribution in [1.29, 1.82) is 0 Å². The topological polar surface area (TPSA) is 30.7 Å². The zero-order chi connectivity index (χ0) is 9.26. The number of aromatic nitrogens is 3. The van der Waals surface area contributed by atoms with Gasteiger partial charge in [0.2, 0.25) is 0 Å². The fourth-order valence-electron chi connectivity index (χ4n) is 1.06. The SMILES string of the molecule is Cc1cn(-c2cccnc2)nc1Cl. The summed E-state index contributed by atoms with van der Waals surface area (Å²) in [6, 6.07) is 3.79. The maximum absolute atomic E-state index is 5.83. The zero-order valence-corrected chi connectivity index (χ0v) is 7.86. The summed E-state index contributed by atoms with van der Waals surface area (Å²) in [6.45, 7) is 1.92. The van der Waals surface area contributed by atoms with Crippen LogP contribution in [0.5, 0.6) is 0 Å². The molecule has 0 aliphatic rings. The molecule has 0 aliphatic heterocycles. The number of hydrogen-bond donors (Lipinski definition) is 0. The molecular weight excluding hydrogens is 186 g/mol. The van der Waals surface area contributed by atoms with Crippen molar-refractivity contribution in [3.05, 3.63) is 41.4 Å². The number of halogens is 1.